The zero-order valence-corrected chi connectivity index (χ0v) is 10.6. The maximum Gasteiger partial charge on any atom is 0.337 e. The molecule has 1 aliphatic rings. The molecule has 98 valence electrons. The number of nitrogens with zero attached hydrogens (tertiary/aromatic N) is 1. The largest absolute Gasteiger partial charge is 0.478 e. The maximum atomic E-state index is 10.9. The number of carboxylic acid groups (broad SMARTS) is 1. The fourth-order valence-corrected chi connectivity index (χ4v) is 2.17. The second kappa shape index (κ2) is 6.02. The molecule has 1 unspecified atom stereocenters. The minimum absolute atomic E-state index is 0.0544. The van der Waals surface area contributed by atoms with Crippen LogP contribution in [0.2, 0.25) is 5.02 Å². The number of pyridine rings is 1. The summed E-state index contributed by atoms with van der Waals surface area (Å²) in [6, 6.07) is 1.38. The third-order valence-electron chi connectivity index (χ3n) is 2.89. The maximum absolute atomic E-state index is 10.9. The van der Waals surface area contributed by atoms with Crippen molar-refractivity contribution in [3.8, 4) is 0 Å². The summed E-state index contributed by atoms with van der Waals surface area (Å²) in [5, 5.41) is 12.1. The molecular weight excluding hydrogens is 256 g/mol. The Morgan fingerprint density at radius 1 is 1.61 bits per heavy atom. The van der Waals surface area contributed by atoms with Crippen LogP contribution in [0.3, 0.4) is 0 Å². The minimum atomic E-state index is -1.06. The van der Waals surface area contributed by atoms with Crippen molar-refractivity contribution in [3.05, 3.63) is 22.8 Å². The summed E-state index contributed by atoms with van der Waals surface area (Å²) in [6.07, 6.45) is 4.83. The van der Waals surface area contributed by atoms with Gasteiger partial charge in [0, 0.05) is 19.3 Å². The summed E-state index contributed by atoms with van der Waals surface area (Å²) in [6.45, 7) is 1.37. The summed E-state index contributed by atoms with van der Waals surface area (Å²) in [7, 11) is 0. The number of anilines is 1. The van der Waals surface area contributed by atoms with Gasteiger partial charge in [-0.05, 0) is 25.3 Å². The van der Waals surface area contributed by atoms with E-state index in [1.807, 2.05) is 0 Å². The summed E-state index contributed by atoms with van der Waals surface area (Å²) in [5.41, 5.74) is 0.0544. The molecule has 1 aliphatic heterocycles. The lowest BCUT2D eigenvalue weighted by molar-refractivity contribution is 0.0247. The van der Waals surface area contributed by atoms with Gasteiger partial charge in [0.05, 0.1) is 16.7 Å². The Balaban J connectivity index is 2.00. The number of carboxylic acids is 1. The monoisotopic (exact) mass is 270 g/mol. The van der Waals surface area contributed by atoms with E-state index in [4.69, 9.17) is 21.4 Å². The van der Waals surface area contributed by atoms with Crippen LogP contribution < -0.4 is 5.32 Å². The Kier molecular flexibility index (Phi) is 4.38. The average molecular weight is 271 g/mol. The van der Waals surface area contributed by atoms with Gasteiger partial charge in [-0.15, -0.1) is 0 Å². The summed E-state index contributed by atoms with van der Waals surface area (Å²) >= 11 is 5.97. The molecule has 0 radical (unpaired) electrons. The molecule has 2 rings (SSSR count). The van der Waals surface area contributed by atoms with Gasteiger partial charge in [-0.1, -0.05) is 11.6 Å². The molecule has 1 saturated heterocycles. The Morgan fingerprint density at radius 2 is 2.44 bits per heavy atom. The zero-order chi connectivity index (χ0) is 13.0. The first-order valence-electron chi connectivity index (χ1n) is 5.91. The lowest BCUT2D eigenvalue weighted by atomic mass is 10.1. The number of aromatic nitrogens is 1. The molecule has 2 N–H and O–H groups in total. The fourth-order valence-electron chi connectivity index (χ4n) is 1.91. The fraction of sp³-hybridized carbons (Fsp3) is 0.500. The SMILES string of the molecule is O=C(O)c1ccnc(NCC2CCCCO2)c1Cl. The van der Waals surface area contributed by atoms with Crippen molar-refractivity contribution >= 4 is 23.4 Å². The Hall–Kier alpha value is -1.33. The van der Waals surface area contributed by atoms with E-state index < -0.39 is 5.97 Å². The second-order valence-electron chi connectivity index (χ2n) is 4.20. The number of nitrogens with one attached hydrogen (secondary N) is 1. The van der Waals surface area contributed by atoms with E-state index in [1.165, 1.54) is 12.3 Å². The van der Waals surface area contributed by atoms with Gasteiger partial charge in [0.15, 0.2) is 0 Å². The molecule has 1 fully saturated rings. The minimum Gasteiger partial charge on any atom is -0.478 e. The van der Waals surface area contributed by atoms with Crippen molar-refractivity contribution in [3.63, 3.8) is 0 Å². The molecule has 0 aliphatic carbocycles. The van der Waals surface area contributed by atoms with E-state index in [9.17, 15) is 4.79 Å². The molecular formula is C12H15ClN2O3. The lowest BCUT2D eigenvalue weighted by Gasteiger charge is -2.23. The summed E-state index contributed by atoms with van der Waals surface area (Å²) in [5.74, 6) is -0.662. The smallest absolute Gasteiger partial charge is 0.337 e. The molecule has 0 saturated carbocycles. The highest BCUT2D eigenvalue weighted by molar-refractivity contribution is 6.35. The molecule has 0 amide bonds. The highest BCUT2D eigenvalue weighted by Gasteiger charge is 2.16. The Bertz CT molecular complexity index is 433. The van der Waals surface area contributed by atoms with Crippen LogP contribution in [0.5, 0.6) is 0 Å². The first-order chi connectivity index (χ1) is 8.68. The number of rotatable bonds is 4. The Morgan fingerprint density at radius 3 is 3.11 bits per heavy atom. The molecule has 1 aromatic rings. The molecule has 0 aromatic carbocycles. The number of carbonyl (C=O) groups is 1. The third kappa shape index (κ3) is 3.11. The molecule has 0 spiro atoms. The number of hydrogen-bond donors (Lipinski definition) is 2. The standard InChI is InChI=1S/C12H15ClN2O3/c13-10-9(12(16)17)4-5-14-11(10)15-7-8-3-1-2-6-18-8/h4-5,8H,1-3,6-7H2,(H,14,15)(H,16,17). The van der Waals surface area contributed by atoms with Gasteiger partial charge >= 0.3 is 5.97 Å². The Labute approximate surface area is 110 Å². The molecule has 1 atom stereocenters. The average Bonchev–Trinajstić information content (AvgIpc) is 2.38. The highest BCUT2D eigenvalue weighted by atomic mass is 35.5. The first-order valence-corrected chi connectivity index (χ1v) is 6.29. The van der Waals surface area contributed by atoms with Crippen molar-refractivity contribution in [2.24, 2.45) is 0 Å². The predicted molar refractivity (Wildman–Crippen MR) is 68.3 cm³/mol. The van der Waals surface area contributed by atoms with E-state index in [0.29, 0.717) is 12.4 Å². The van der Waals surface area contributed by atoms with Crippen molar-refractivity contribution in [2.75, 3.05) is 18.5 Å². The van der Waals surface area contributed by atoms with Crippen molar-refractivity contribution in [2.45, 2.75) is 25.4 Å². The van der Waals surface area contributed by atoms with Crippen LogP contribution in [0, 0.1) is 0 Å². The molecule has 0 bridgehead atoms. The first kappa shape index (κ1) is 13.1. The second-order valence-corrected chi connectivity index (χ2v) is 4.57. The third-order valence-corrected chi connectivity index (χ3v) is 3.27. The predicted octanol–water partition coefficient (Wildman–Crippen LogP) is 2.41. The summed E-state index contributed by atoms with van der Waals surface area (Å²) < 4.78 is 5.57. The molecule has 6 heteroatoms. The van der Waals surface area contributed by atoms with Gasteiger partial charge in [0.25, 0.3) is 0 Å². The van der Waals surface area contributed by atoms with E-state index in [0.717, 1.165) is 25.9 Å². The molecule has 5 nitrogen and oxygen atoms in total. The van der Waals surface area contributed by atoms with Crippen LogP contribution in [0.15, 0.2) is 12.3 Å². The van der Waals surface area contributed by atoms with Gasteiger partial charge in [-0.3, -0.25) is 0 Å². The van der Waals surface area contributed by atoms with Crippen LogP contribution in [0.25, 0.3) is 0 Å². The number of aromatic carboxylic acids is 1. The number of hydrogen-bond acceptors (Lipinski definition) is 4. The van der Waals surface area contributed by atoms with Crippen LogP contribution >= 0.6 is 11.6 Å². The molecule has 2 heterocycles. The van der Waals surface area contributed by atoms with Crippen LogP contribution in [0.1, 0.15) is 29.6 Å². The van der Waals surface area contributed by atoms with Gasteiger partial charge in [-0.2, -0.15) is 0 Å². The molecule has 1 aromatic heterocycles. The lowest BCUT2D eigenvalue weighted by Crippen LogP contribution is -2.27. The van der Waals surface area contributed by atoms with Gasteiger partial charge in [0.2, 0.25) is 0 Å². The quantitative estimate of drug-likeness (QED) is 0.879. The normalized spacial score (nSPS) is 19.5. The highest BCUT2D eigenvalue weighted by Crippen LogP contribution is 2.24. The van der Waals surface area contributed by atoms with E-state index >= 15 is 0 Å². The van der Waals surface area contributed by atoms with Gasteiger partial charge in [0.1, 0.15) is 5.82 Å². The van der Waals surface area contributed by atoms with Crippen LogP contribution in [-0.2, 0) is 4.74 Å². The topological polar surface area (TPSA) is 71.5 Å². The molecule has 18 heavy (non-hydrogen) atoms. The zero-order valence-electron chi connectivity index (χ0n) is 9.86. The van der Waals surface area contributed by atoms with Crippen molar-refractivity contribution in [1.82, 2.24) is 4.98 Å². The number of ether oxygens (including phenoxy) is 1. The van der Waals surface area contributed by atoms with Gasteiger partial charge in [-0.25, -0.2) is 9.78 Å². The van der Waals surface area contributed by atoms with Crippen LogP contribution in [-0.4, -0.2) is 35.3 Å². The van der Waals surface area contributed by atoms with Crippen molar-refractivity contribution < 1.29 is 14.6 Å². The van der Waals surface area contributed by atoms with E-state index in [2.05, 4.69) is 10.3 Å². The van der Waals surface area contributed by atoms with Gasteiger partial charge < -0.3 is 15.2 Å². The van der Waals surface area contributed by atoms with E-state index in [1.54, 1.807) is 0 Å². The van der Waals surface area contributed by atoms with Crippen LogP contribution in [0.4, 0.5) is 5.82 Å². The number of halogens is 1. The van der Waals surface area contributed by atoms with E-state index in [-0.39, 0.29) is 16.7 Å². The summed E-state index contributed by atoms with van der Waals surface area (Å²) in [4.78, 5) is 15.0. The van der Waals surface area contributed by atoms with Crippen molar-refractivity contribution in [1.29, 1.82) is 0 Å².